The predicted octanol–water partition coefficient (Wildman–Crippen LogP) is 1.49. The van der Waals surface area contributed by atoms with E-state index in [4.69, 9.17) is 4.74 Å². The van der Waals surface area contributed by atoms with Crippen LogP contribution in [0.25, 0.3) is 0 Å². The Morgan fingerprint density at radius 2 is 2.05 bits per heavy atom. The molecule has 0 spiro atoms. The molecule has 1 aromatic carbocycles. The summed E-state index contributed by atoms with van der Waals surface area (Å²) in [6, 6.07) is 5.06. The number of piperidine rings is 1. The molecule has 1 aliphatic heterocycles. The van der Waals surface area contributed by atoms with Crippen molar-refractivity contribution in [2.75, 3.05) is 32.1 Å². The first kappa shape index (κ1) is 16.5. The summed E-state index contributed by atoms with van der Waals surface area (Å²) in [5.41, 5.74) is 1.88. The number of nitrogens with one attached hydrogen (secondary N) is 2. The van der Waals surface area contributed by atoms with Crippen molar-refractivity contribution in [1.29, 1.82) is 0 Å². The number of carbonyl (C=O) groups excluding carboxylic acids is 2. The predicted molar refractivity (Wildman–Crippen MR) is 83.0 cm³/mol. The molecular formula is C16H22N2O4. The van der Waals surface area contributed by atoms with Crippen molar-refractivity contribution in [2.45, 2.75) is 25.9 Å². The minimum absolute atomic E-state index is 0.0204. The largest absolute Gasteiger partial charge is 0.465 e. The van der Waals surface area contributed by atoms with E-state index in [1.807, 2.05) is 6.92 Å². The van der Waals surface area contributed by atoms with Crippen molar-refractivity contribution in [3.63, 3.8) is 0 Å². The van der Waals surface area contributed by atoms with E-state index in [0.717, 1.165) is 31.5 Å². The Hall–Kier alpha value is -1.92. The fraction of sp³-hybridized carbons (Fsp3) is 0.500. The zero-order valence-electron chi connectivity index (χ0n) is 13.0. The third-order valence-corrected chi connectivity index (χ3v) is 3.67. The molecule has 1 saturated heterocycles. The van der Waals surface area contributed by atoms with Gasteiger partial charge >= 0.3 is 5.97 Å². The number of benzene rings is 1. The second-order valence-electron chi connectivity index (χ2n) is 5.33. The number of aryl methyl sites for hydroxylation is 1. The highest BCUT2D eigenvalue weighted by molar-refractivity contribution is 5.95. The Morgan fingerprint density at radius 3 is 2.73 bits per heavy atom. The molecular weight excluding hydrogens is 284 g/mol. The van der Waals surface area contributed by atoms with Gasteiger partial charge in [-0.05, 0) is 50.6 Å². The summed E-state index contributed by atoms with van der Waals surface area (Å²) < 4.78 is 10.3. The van der Waals surface area contributed by atoms with E-state index in [9.17, 15) is 9.59 Å². The fourth-order valence-corrected chi connectivity index (χ4v) is 2.34. The van der Waals surface area contributed by atoms with Crippen LogP contribution >= 0.6 is 0 Å². The number of carbonyl (C=O) groups is 2. The quantitative estimate of drug-likeness (QED) is 0.806. The summed E-state index contributed by atoms with van der Waals surface area (Å²) in [5.74, 6) is -0.648. The van der Waals surface area contributed by atoms with Crippen LogP contribution in [0, 0.1) is 6.92 Å². The Morgan fingerprint density at radius 1 is 1.32 bits per heavy atom. The second-order valence-corrected chi connectivity index (χ2v) is 5.33. The van der Waals surface area contributed by atoms with Crippen LogP contribution in [0.4, 0.5) is 5.69 Å². The summed E-state index contributed by atoms with van der Waals surface area (Å²) in [7, 11) is 1.33. The van der Waals surface area contributed by atoms with Gasteiger partial charge in [-0.2, -0.15) is 0 Å². The number of ether oxygens (including phenoxy) is 2. The molecule has 1 amide bonds. The number of esters is 1. The van der Waals surface area contributed by atoms with Gasteiger partial charge in [0, 0.05) is 5.69 Å². The zero-order chi connectivity index (χ0) is 15.9. The number of anilines is 1. The first-order valence-electron chi connectivity index (χ1n) is 7.41. The van der Waals surface area contributed by atoms with Crippen molar-refractivity contribution in [1.82, 2.24) is 5.32 Å². The molecule has 6 heteroatoms. The summed E-state index contributed by atoms with van der Waals surface area (Å²) in [6.45, 7) is 3.73. The van der Waals surface area contributed by atoms with Gasteiger partial charge in [-0.15, -0.1) is 0 Å². The van der Waals surface area contributed by atoms with E-state index in [2.05, 4.69) is 15.4 Å². The number of hydrogen-bond donors (Lipinski definition) is 2. The first-order chi connectivity index (χ1) is 10.6. The number of rotatable bonds is 5. The molecule has 1 aliphatic rings. The molecule has 0 atom stereocenters. The van der Waals surface area contributed by atoms with E-state index in [0.29, 0.717) is 11.3 Å². The minimum atomic E-state index is -0.429. The molecule has 1 aromatic rings. The van der Waals surface area contributed by atoms with Crippen LogP contribution in [0.5, 0.6) is 0 Å². The molecule has 1 fully saturated rings. The number of hydrogen-bond acceptors (Lipinski definition) is 5. The Kier molecular flexibility index (Phi) is 5.91. The molecule has 0 saturated carbocycles. The van der Waals surface area contributed by atoms with Crippen LogP contribution in [0.2, 0.25) is 0 Å². The summed E-state index contributed by atoms with van der Waals surface area (Å²) in [6.07, 6.45) is 1.98. The van der Waals surface area contributed by atoms with Gasteiger partial charge in [0.05, 0.1) is 18.8 Å². The maximum Gasteiger partial charge on any atom is 0.337 e. The summed E-state index contributed by atoms with van der Waals surface area (Å²) in [4.78, 5) is 23.5. The van der Waals surface area contributed by atoms with Gasteiger partial charge < -0.3 is 20.1 Å². The Labute approximate surface area is 130 Å². The van der Waals surface area contributed by atoms with E-state index < -0.39 is 5.97 Å². The first-order valence-corrected chi connectivity index (χ1v) is 7.41. The highest BCUT2D eigenvalue weighted by Gasteiger charge is 2.15. The molecule has 0 bridgehead atoms. The van der Waals surface area contributed by atoms with Crippen LogP contribution in [0.15, 0.2) is 18.2 Å². The van der Waals surface area contributed by atoms with Crippen LogP contribution in [-0.4, -0.2) is 44.8 Å². The molecule has 0 unspecified atom stereocenters. The van der Waals surface area contributed by atoms with Gasteiger partial charge in [0.1, 0.15) is 6.61 Å². The summed E-state index contributed by atoms with van der Waals surface area (Å²) in [5, 5.41) is 6.03. The van der Waals surface area contributed by atoms with Crippen molar-refractivity contribution in [3.8, 4) is 0 Å². The van der Waals surface area contributed by atoms with E-state index in [-0.39, 0.29) is 18.6 Å². The highest BCUT2D eigenvalue weighted by Crippen LogP contribution is 2.17. The molecule has 0 radical (unpaired) electrons. The lowest BCUT2D eigenvalue weighted by molar-refractivity contribution is -0.123. The summed E-state index contributed by atoms with van der Waals surface area (Å²) >= 11 is 0. The molecule has 2 N–H and O–H groups in total. The topological polar surface area (TPSA) is 76.7 Å². The lowest BCUT2D eigenvalue weighted by Crippen LogP contribution is -2.34. The Balaban J connectivity index is 1.91. The van der Waals surface area contributed by atoms with Crippen LogP contribution < -0.4 is 10.6 Å². The smallest absolute Gasteiger partial charge is 0.337 e. The van der Waals surface area contributed by atoms with E-state index in [1.54, 1.807) is 18.2 Å². The van der Waals surface area contributed by atoms with Crippen LogP contribution in [-0.2, 0) is 14.3 Å². The molecule has 0 aliphatic carbocycles. The number of methoxy groups -OCH3 is 1. The third kappa shape index (κ3) is 4.54. The van der Waals surface area contributed by atoms with Crippen molar-refractivity contribution >= 4 is 17.6 Å². The minimum Gasteiger partial charge on any atom is -0.465 e. The normalized spacial score (nSPS) is 15.4. The van der Waals surface area contributed by atoms with Gasteiger partial charge in [0.15, 0.2) is 0 Å². The second kappa shape index (κ2) is 7.91. The SMILES string of the molecule is COC(=O)c1ccc(C)c(NC(=O)COC2CCNCC2)c1. The van der Waals surface area contributed by atoms with Gasteiger partial charge in [-0.1, -0.05) is 6.07 Å². The average Bonchev–Trinajstić information content (AvgIpc) is 2.55. The highest BCUT2D eigenvalue weighted by atomic mass is 16.5. The lowest BCUT2D eigenvalue weighted by atomic mass is 10.1. The molecule has 22 heavy (non-hydrogen) atoms. The van der Waals surface area contributed by atoms with Gasteiger partial charge in [0.25, 0.3) is 0 Å². The molecule has 0 aromatic heterocycles. The maximum absolute atomic E-state index is 12.0. The zero-order valence-corrected chi connectivity index (χ0v) is 13.0. The van der Waals surface area contributed by atoms with Gasteiger partial charge in [0.2, 0.25) is 5.91 Å². The maximum atomic E-state index is 12.0. The average molecular weight is 306 g/mol. The van der Waals surface area contributed by atoms with Crippen LogP contribution in [0.1, 0.15) is 28.8 Å². The lowest BCUT2D eigenvalue weighted by Gasteiger charge is -2.22. The van der Waals surface area contributed by atoms with Crippen molar-refractivity contribution in [3.05, 3.63) is 29.3 Å². The van der Waals surface area contributed by atoms with Gasteiger partial charge in [-0.25, -0.2) is 4.79 Å². The van der Waals surface area contributed by atoms with Crippen molar-refractivity contribution < 1.29 is 19.1 Å². The number of amides is 1. The third-order valence-electron chi connectivity index (χ3n) is 3.67. The van der Waals surface area contributed by atoms with E-state index >= 15 is 0 Å². The van der Waals surface area contributed by atoms with Crippen molar-refractivity contribution in [2.24, 2.45) is 0 Å². The Bertz CT molecular complexity index is 539. The molecule has 2 rings (SSSR count). The van der Waals surface area contributed by atoms with Gasteiger partial charge in [-0.3, -0.25) is 4.79 Å². The van der Waals surface area contributed by atoms with Crippen LogP contribution in [0.3, 0.4) is 0 Å². The molecule has 1 heterocycles. The fourth-order valence-electron chi connectivity index (χ4n) is 2.34. The molecule has 6 nitrogen and oxygen atoms in total. The molecule has 120 valence electrons. The standard InChI is InChI=1S/C16H22N2O4/c1-11-3-4-12(16(20)21-2)9-14(11)18-15(19)10-22-13-5-7-17-8-6-13/h3-4,9,13,17H,5-8,10H2,1-2H3,(H,18,19). The van der Waals surface area contributed by atoms with E-state index in [1.165, 1.54) is 7.11 Å². The monoisotopic (exact) mass is 306 g/mol.